The van der Waals surface area contributed by atoms with Crippen LogP contribution < -0.4 is 15.5 Å². The molecule has 2 aromatic rings. The number of methoxy groups -OCH3 is 1. The van der Waals surface area contributed by atoms with Crippen LogP contribution >= 0.6 is 0 Å². The topological polar surface area (TPSA) is 132 Å². The standard InChI is InChI=1S/C21H23N3O5/c1-29-19-4-2-3-15(10-19)9-17(21(27)24-28)11-18(13-25)23-20(26)16-7-5-14(12-22)6-8-16/h2-8,10,17-18,25,28H,9,11,13H2,1H3,(H,23,26)(H,24,27). The number of hydroxylamine groups is 1. The molecule has 0 aliphatic carbocycles. The summed E-state index contributed by atoms with van der Waals surface area (Å²) in [7, 11) is 1.54. The van der Waals surface area contributed by atoms with Gasteiger partial charge < -0.3 is 15.2 Å². The van der Waals surface area contributed by atoms with E-state index in [1.165, 1.54) is 31.4 Å². The maximum absolute atomic E-state index is 12.4. The number of nitrogens with one attached hydrogen (secondary N) is 2. The van der Waals surface area contributed by atoms with Gasteiger partial charge >= 0.3 is 0 Å². The van der Waals surface area contributed by atoms with Crippen molar-refractivity contribution in [2.24, 2.45) is 5.92 Å². The van der Waals surface area contributed by atoms with Crippen LogP contribution in [0.2, 0.25) is 0 Å². The second-order valence-corrected chi connectivity index (χ2v) is 6.51. The van der Waals surface area contributed by atoms with Gasteiger partial charge in [-0.05, 0) is 54.8 Å². The number of benzene rings is 2. The van der Waals surface area contributed by atoms with Gasteiger partial charge in [0.2, 0.25) is 5.91 Å². The molecular formula is C21H23N3O5. The summed E-state index contributed by atoms with van der Waals surface area (Å²) in [5.41, 5.74) is 3.22. The summed E-state index contributed by atoms with van der Waals surface area (Å²) in [4.78, 5) is 24.5. The Balaban J connectivity index is 2.09. The largest absolute Gasteiger partial charge is 0.497 e. The van der Waals surface area contributed by atoms with E-state index in [2.05, 4.69) is 5.32 Å². The van der Waals surface area contributed by atoms with Crippen molar-refractivity contribution < 1.29 is 24.6 Å². The molecule has 4 N–H and O–H groups in total. The van der Waals surface area contributed by atoms with Gasteiger partial charge in [0, 0.05) is 11.5 Å². The maximum atomic E-state index is 12.4. The normalized spacial score (nSPS) is 12.3. The highest BCUT2D eigenvalue weighted by atomic mass is 16.5. The lowest BCUT2D eigenvalue weighted by Gasteiger charge is -2.22. The number of hydrogen-bond acceptors (Lipinski definition) is 6. The van der Waals surface area contributed by atoms with E-state index in [1.54, 1.807) is 23.7 Å². The third-order valence-electron chi connectivity index (χ3n) is 4.50. The Bertz CT molecular complexity index is 877. The summed E-state index contributed by atoms with van der Waals surface area (Å²) in [6, 6.07) is 14.5. The Morgan fingerprint density at radius 1 is 1.21 bits per heavy atom. The van der Waals surface area contributed by atoms with E-state index >= 15 is 0 Å². The van der Waals surface area contributed by atoms with E-state index in [9.17, 15) is 14.7 Å². The van der Waals surface area contributed by atoms with Crippen molar-refractivity contribution >= 4 is 11.8 Å². The number of rotatable bonds is 9. The molecule has 0 saturated heterocycles. The van der Waals surface area contributed by atoms with Crippen molar-refractivity contribution in [2.45, 2.75) is 18.9 Å². The van der Waals surface area contributed by atoms with Crippen molar-refractivity contribution in [3.8, 4) is 11.8 Å². The third kappa shape index (κ3) is 6.31. The Morgan fingerprint density at radius 2 is 1.93 bits per heavy atom. The Hall–Kier alpha value is -3.41. The van der Waals surface area contributed by atoms with Crippen LogP contribution in [0.5, 0.6) is 5.75 Å². The number of carbonyl (C=O) groups is 2. The zero-order valence-corrected chi connectivity index (χ0v) is 16.0. The number of hydrogen-bond donors (Lipinski definition) is 4. The molecule has 0 radical (unpaired) electrons. The fourth-order valence-electron chi connectivity index (χ4n) is 2.95. The van der Waals surface area contributed by atoms with Gasteiger partial charge in [0.05, 0.1) is 31.4 Å². The second kappa shape index (κ2) is 10.8. The average molecular weight is 397 g/mol. The predicted molar refractivity (Wildman–Crippen MR) is 104 cm³/mol. The zero-order valence-electron chi connectivity index (χ0n) is 16.0. The van der Waals surface area contributed by atoms with Gasteiger partial charge in [-0.15, -0.1) is 0 Å². The van der Waals surface area contributed by atoms with Gasteiger partial charge in [-0.25, -0.2) is 5.48 Å². The summed E-state index contributed by atoms with van der Waals surface area (Å²) < 4.78 is 5.18. The second-order valence-electron chi connectivity index (χ2n) is 6.51. The monoisotopic (exact) mass is 397 g/mol. The van der Waals surface area contributed by atoms with Crippen LogP contribution in [0.25, 0.3) is 0 Å². The van der Waals surface area contributed by atoms with Crippen LogP contribution in [0.15, 0.2) is 48.5 Å². The maximum Gasteiger partial charge on any atom is 0.251 e. The van der Waals surface area contributed by atoms with E-state index in [4.69, 9.17) is 15.2 Å². The molecule has 0 spiro atoms. The molecule has 0 saturated carbocycles. The SMILES string of the molecule is COc1cccc(CC(CC(CO)NC(=O)c2ccc(C#N)cc2)C(=O)NO)c1. The van der Waals surface area contributed by atoms with E-state index in [1.807, 2.05) is 12.1 Å². The minimum absolute atomic E-state index is 0.113. The Labute approximate surface area is 168 Å². The average Bonchev–Trinajstić information content (AvgIpc) is 2.77. The highest BCUT2D eigenvalue weighted by Crippen LogP contribution is 2.19. The number of ether oxygens (including phenoxy) is 1. The van der Waals surface area contributed by atoms with Crippen LogP contribution in [0.1, 0.15) is 27.9 Å². The minimum Gasteiger partial charge on any atom is -0.497 e. The number of nitrogens with zero attached hydrogens (tertiary/aromatic N) is 1. The van der Waals surface area contributed by atoms with Gasteiger partial charge in [-0.3, -0.25) is 14.8 Å². The summed E-state index contributed by atoms with van der Waals surface area (Å²) in [6.07, 6.45) is 0.398. The van der Waals surface area contributed by atoms with Gasteiger partial charge in [0.25, 0.3) is 5.91 Å². The first-order chi connectivity index (χ1) is 14.0. The van der Waals surface area contributed by atoms with Gasteiger partial charge in [-0.2, -0.15) is 5.26 Å². The summed E-state index contributed by atoms with van der Waals surface area (Å²) in [5, 5.41) is 30.3. The molecule has 2 unspecified atom stereocenters. The lowest BCUT2D eigenvalue weighted by molar-refractivity contribution is -0.133. The fourth-order valence-corrected chi connectivity index (χ4v) is 2.95. The molecule has 8 nitrogen and oxygen atoms in total. The summed E-state index contributed by atoms with van der Waals surface area (Å²) >= 11 is 0. The van der Waals surface area contributed by atoms with Crippen LogP contribution in [-0.4, -0.2) is 41.9 Å². The molecule has 2 amide bonds. The molecule has 0 aliphatic rings. The molecule has 2 aromatic carbocycles. The first-order valence-electron chi connectivity index (χ1n) is 8.99. The third-order valence-corrected chi connectivity index (χ3v) is 4.50. The van der Waals surface area contributed by atoms with Crippen LogP contribution in [0.3, 0.4) is 0 Å². The molecule has 0 heterocycles. The van der Waals surface area contributed by atoms with Gasteiger partial charge in [0.1, 0.15) is 5.75 Å². The quantitative estimate of drug-likeness (QED) is 0.374. The minimum atomic E-state index is -0.703. The van der Waals surface area contributed by atoms with Crippen LogP contribution in [-0.2, 0) is 11.2 Å². The van der Waals surface area contributed by atoms with Crippen molar-refractivity contribution in [3.63, 3.8) is 0 Å². The van der Waals surface area contributed by atoms with Crippen molar-refractivity contribution in [1.82, 2.24) is 10.8 Å². The molecule has 0 aromatic heterocycles. The molecule has 29 heavy (non-hydrogen) atoms. The first-order valence-corrected chi connectivity index (χ1v) is 8.99. The molecule has 0 bridgehead atoms. The van der Waals surface area contributed by atoms with E-state index in [-0.39, 0.29) is 19.4 Å². The van der Waals surface area contributed by atoms with Crippen molar-refractivity contribution in [2.75, 3.05) is 13.7 Å². The number of aliphatic hydroxyl groups excluding tert-OH is 1. The first kappa shape index (κ1) is 21.9. The van der Waals surface area contributed by atoms with E-state index in [0.717, 1.165) is 5.56 Å². The molecular weight excluding hydrogens is 374 g/mol. The number of aliphatic hydroxyl groups is 1. The zero-order chi connectivity index (χ0) is 21.2. The molecule has 152 valence electrons. The number of carbonyl (C=O) groups excluding carboxylic acids is 2. The van der Waals surface area contributed by atoms with Gasteiger partial charge in [-0.1, -0.05) is 12.1 Å². The Kier molecular flexibility index (Phi) is 8.15. The van der Waals surface area contributed by atoms with E-state index in [0.29, 0.717) is 16.9 Å². The molecule has 0 fully saturated rings. The van der Waals surface area contributed by atoms with Crippen molar-refractivity contribution in [3.05, 3.63) is 65.2 Å². The van der Waals surface area contributed by atoms with Crippen LogP contribution in [0, 0.1) is 17.2 Å². The smallest absolute Gasteiger partial charge is 0.251 e. The van der Waals surface area contributed by atoms with Crippen LogP contribution in [0.4, 0.5) is 0 Å². The number of nitriles is 1. The molecule has 8 heteroatoms. The molecule has 0 aliphatic heterocycles. The Morgan fingerprint density at radius 3 is 2.52 bits per heavy atom. The highest BCUT2D eigenvalue weighted by Gasteiger charge is 2.24. The fraction of sp³-hybridized carbons (Fsp3) is 0.286. The van der Waals surface area contributed by atoms with E-state index < -0.39 is 23.8 Å². The highest BCUT2D eigenvalue weighted by molar-refractivity contribution is 5.94. The van der Waals surface area contributed by atoms with Gasteiger partial charge in [0.15, 0.2) is 0 Å². The number of amides is 2. The summed E-state index contributed by atoms with van der Waals surface area (Å²) in [6.45, 7) is -0.380. The van der Waals surface area contributed by atoms with Crippen molar-refractivity contribution in [1.29, 1.82) is 5.26 Å². The lowest BCUT2D eigenvalue weighted by atomic mass is 9.92. The summed E-state index contributed by atoms with van der Waals surface area (Å²) in [5.74, 6) is -1.10. The molecule has 2 rings (SSSR count). The predicted octanol–water partition coefficient (Wildman–Crippen LogP) is 1.41. The lowest BCUT2D eigenvalue weighted by Crippen LogP contribution is -2.42. The molecule has 2 atom stereocenters.